The van der Waals surface area contributed by atoms with Gasteiger partial charge in [-0.25, -0.2) is 0 Å². The predicted molar refractivity (Wildman–Crippen MR) is 77.7 cm³/mol. The fourth-order valence-electron chi connectivity index (χ4n) is 1.79. The Labute approximate surface area is 114 Å². The molecule has 4 nitrogen and oxygen atoms in total. The lowest BCUT2D eigenvalue weighted by atomic mass is 10.1. The van der Waals surface area contributed by atoms with Crippen LogP contribution in [0.2, 0.25) is 0 Å². The minimum atomic E-state index is 0.572. The molecule has 0 aliphatic heterocycles. The van der Waals surface area contributed by atoms with Gasteiger partial charge in [-0.3, -0.25) is 4.68 Å². The molecule has 4 heteroatoms. The number of nitrogens with two attached hydrogens (primary N) is 1. The third-order valence-electron chi connectivity index (χ3n) is 2.79. The highest BCUT2D eigenvalue weighted by atomic mass is 16.5. The topological polar surface area (TPSA) is 53.1 Å². The van der Waals surface area contributed by atoms with Crippen molar-refractivity contribution in [1.29, 1.82) is 0 Å². The van der Waals surface area contributed by atoms with Crippen molar-refractivity contribution in [1.82, 2.24) is 9.78 Å². The highest BCUT2D eigenvalue weighted by molar-refractivity contribution is 5.63. The van der Waals surface area contributed by atoms with Crippen LogP contribution in [0.25, 0.3) is 11.1 Å². The summed E-state index contributed by atoms with van der Waals surface area (Å²) in [5.41, 5.74) is 8.68. The first kappa shape index (κ1) is 13.6. The molecular formula is C15H21N3O. The molecule has 0 aliphatic rings. The Morgan fingerprint density at radius 1 is 1.21 bits per heavy atom. The van der Waals surface area contributed by atoms with Crippen molar-refractivity contribution in [2.45, 2.75) is 20.4 Å². The van der Waals surface area contributed by atoms with Crippen LogP contribution in [0.1, 0.15) is 13.8 Å². The number of hydrogen-bond donors (Lipinski definition) is 1. The SMILES string of the molecule is CC(C)COCCn1cc(-c2ccc(N)cc2)cn1. The third kappa shape index (κ3) is 4.10. The second-order valence-corrected chi connectivity index (χ2v) is 5.08. The molecule has 0 amide bonds. The number of anilines is 1. The fraction of sp³-hybridized carbons (Fsp3) is 0.400. The molecule has 0 saturated heterocycles. The van der Waals surface area contributed by atoms with Crippen LogP contribution in [-0.2, 0) is 11.3 Å². The number of nitrogen functional groups attached to an aromatic ring is 1. The molecule has 2 N–H and O–H groups in total. The lowest BCUT2D eigenvalue weighted by Crippen LogP contribution is -2.09. The van der Waals surface area contributed by atoms with Crippen LogP contribution in [-0.4, -0.2) is 23.0 Å². The van der Waals surface area contributed by atoms with Crippen LogP contribution in [0.5, 0.6) is 0 Å². The van der Waals surface area contributed by atoms with E-state index < -0.39 is 0 Å². The minimum absolute atomic E-state index is 0.572. The van der Waals surface area contributed by atoms with Crippen LogP contribution in [0.15, 0.2) is 36.7 Å². The van der Waals surface area contributed by atoms with E-state index in [-0.39, 0.29) is 0 Å². The molecule has 1 aromatic heterocycles. The second kappa shape index (κ2) is 6.38. The van der Waals surface area contributed by atoms with Gasteiger partial charge in [0.15, 0.2) is 0 Å². The lowest BCUT2D eigenvalue weighted by molar-refractivity contribution is 0.101. The van der Waals surface area contributed by atoms with E-state index >= 15 is 0 Å². The summed E-state index contributed by atoms with van der Waals surface area (Å²) >= 11 is 0. The molecule has 0 atom stereocenters. The summed E-state index contributed by atoms with van der Waals surface area (Å²) in [6.07, 6.45) is 3.90. The van der Waals surface area contributed by atoms with Crippen molar-refractivity contribution in [2.75, 3.05) is 18.9 Å². The van der Waals surface area contributed by atoms with Gasteiger partial charge in [0.1, 0.15) is 0 Å². The number of nitrogens with zero attached hydrogens (tertiary/aromatic N) is 2. The lowest BCUT2D eigenvalue weighted by Gasteiger charge is -2.06. The van der Waals surface area contributed by atoms with Crippen LogP contribution in [0.3, 0.4) is 0 Å². The van der Waals surface area contributed by atoms with E-state index in [1.807, 2.05) is 41.3 Å². The number of benzene rings is 1. The summed E-state index contributed by atoms with van der Waals surface area (Å²) in [6.45, 7) is 6.56. The molecule has 0 fully saturated rings. The van der Waals surface area contributed by atoms with Gasteiger partial charge in [-0.05, 0) is 23.6 Å². The molecule has 0 saturated carbocycles. The van der Waals surface area contributed by atoms with E-state index in [9.17, 15) is 0 Å². The highest BCUT2D eigenvalue weighted by Gasteiger charge is 2.02. The summed E-state index contributed by atoms with van der Waals surface area (Å²) in [6, 6.07) is 7.81. The monoisotopic (exact) mass is 259 g/mol. The second-order valence-electron chi connectivity index (χ2n) is 5.08. The average Bonchev–Trinajstić information content (AvgIpc) is 2.84. The highest BCUT2D eigenvalue weighted by Crippen LogP contribution is 2.19. The molecule has 0 spiro atoms. The van der Waals surface area contributed by atoms with E-state index in [0.717, 1.165) is 30.0 Å². The fourth-order valence-corrected chi connectivity index (χ4v) is 1.79. The largest absolute Gasteiger partial charge is 0.399 e. The van der Waals surface area contributed by atoms with E-state index in [4.69, 9.17) is 10.5 Å². The van der Waals surface area contributed by atoms with Gasteiger partial charge in [-0.15, -0.1) is 0 Å². The summed E-state index contributed by atoms with van der Waals surface area (Å²) in [5.74, 6) is 0.572. The maximum atomic E-state index is 5.68. The van der Waals surface area contributed by atoms with Gasteiger partial charge in [-0.2, -0.15) is 5.10 Å². The molecule has 0 aliphatic carbocycles. The Morgan fingerprint density at radius 2 is 1.95 bits per heavy atom. The Morgan fingerprint density at radius 3 is 2.63 bits per heavy atom. The first-order valence-corrected chi connectivity index (χ1v) is 6.61. The predicted octanol–water partition coefficient (Wildman–Crippen LogP) is 2.80. The van der Waals surface area contributed by atoms with E-state index in [1.165, 1.54) is 0 Å². The van der Waals surface area contributed by atoms with Crippen molar-refractivity contribution in [3.8, 4) is 11.1 Å². The van der Waals surface area contributed by atoms with Crippen molar-refractivity contribution in [2.24, 2.45) is 5.92 Å². The average molecular weight is 259 g/mol. The first-order chi connectivity index (χ1) is 9.15. The molecule has 2 rings (SSSR count). The standard InChI is InChI=1S/C15H21N3O/c1-12(2)11-19-8-7-18-10-14(9-17-18)13-3-5-15(16)6-4-13/h3-6,9-10,12H,7-8,11,16H2,1-2H3. The zero-order valence-electron chi connectivity index (χ0n) is 11.5. The first-order valence-electron chi connectivity index (χ1n) is 6.61. The molecule has 0 radical (unpaired) electrons. The molecule has 19 heavy (non-hydrogen) atoms. The zero-order chi connectivity index (χ0) is 13.7. The third-order valence-corrected chi connectivity index (χ3v) is 2.79. The Kier molecular flexibility index (Phi) is 4.58. The van der Waals surface area contributed by atoms with Gasteiger partial charge in [-0.1, -0.05) is 26.0 Å². The zero-order valence-corrected chi connectivity index (χ0v) is 11.5. The molecule has 2 aromatic rings. The number of aromatic nitrogens is 2. The van der Waals surface area contributed by atoms with Crippen molar-refractivity contribution >= 4 is 5.69 Å². The van der Waals surface area contributed by atoms with Gasteiger partial charge in [0, 0.05) is 24.1 Å². The van der Waals surface area contributed by atoms with Gasteiger partial charge < -0.3 is 10.5 Å². The number of hydrogen-bond acceptors (Lipinski definition) is 3. The molecule has 1 aromatic carbocycles. The van der Waals surface area contributed by atoms with Crippen molar-refractivity contribution in [3.05, 3.63) is 36.7 Å². The van der Waals surface area contributed by atoms with Gasteiger partial charge >= 0.3 is 0 Å². The van der Waals surface area contributed by atoms with E-state index in [0.29, 0.717) is 12.5 Å². The van der Waals surface area contributed by atoms with Gasteiger partial charge in [0.2, 0.25) is 0 Å². The number of rotatable bonds is 6. The van der Waals surface area contributed by atoms with Crippen LogP contribution in [0.4, 0.5) is 5.69 Å². The summed E-state index contributed by atoms with van der Waals surface area (Å²) in [5, 5.41) is 4.34. The summed E-state index contributed by atoms with van der Waals surface area (Å²) in [7, 11) is 0. The van der Waals surface area contributed by atoms with Gasteiger partial charge in [0.25, 0.3) is 0 Å². The van der Waals surface area contributed by atoms with E-state index in [2.05, 4.69) is 18.9 Å². The summed E-state index contributed by atoms with van der Waals surface area (Å²) < 4.78 is 7.46. The smallest absolute Gasteiger partial charge is 0.0662 e. The van der Waals surface area contributed by atoms with Crippen LogP contribution < -0.4 is 5.73 Å². The van der Waals surface area contributed by atoms with Crippen molar-refractivity contribution < 1.29 is 4.74 Å². The van der Waals surface area contributed by atoms with E-state index in [1.54, 1.807) is 0 Å². The van der Waals surface area contributed by atoms with Crippen molar-refractivity contribution in [3.63, 3.8) is 0 Å². The molecule has 0 unspecified atom stereocenters. The Balaban J connectivity index is 1.90. The van der Waals surface area contributed by atoms with Crippen LogP contribution in [0, 0.1) is 5.92 Å². The molecule has 1 heterocycles. The maximum absolute atomic E-state index is 5.68. The number of ether oxygens (including phenoxy) is 1. The Bertz CT molecular complexity index is 502. The van der Waals surface area contributed by atoms with Crippen LogP contribution >= 0.6 is 0 Å². The normalized spacial score (nSPS) is 11.1. The maximum Gasteiger partial charge on any atom is 0.0662 e. The Hall–Kier alpha value is -1.81. The molecular weight excluding hydrogens is 238 g/mol. The molecule has 0 bridgehead atoms. The molecule has 102 valence electrons. The van der Waals surface area contributed by atoms with Gasteiger partial charge in [0.05, 0.1) is 19.3 Å². The minimum Gasteiger partial charge on any atom is -0.399 e. The quantitative estimate of drug-likeness (QED) is 0.641. The summed E-state index contributed by atoms with van der Waals surface area (Å²) in [4.78, 5) is 0.